The molecule has 0 N–H and O–H groups in total. The Labute approximate surface area is 243 Å². The summed E-state index contributed by atoms with van der Waals surface area (Å²) < 4.78 is 2.15. The van der Waals surface area contributed by atoms with E-state index < -0.39 is 0 Å². The molecule has 0 amide bonds. The van der Waals surface area contributed by atoms with Gasteiger partial charge < -0.3 is 0 Å². The van der Waals surface area contributed by atoms with Crippen LogP contribution in [0.5, 0.6) is 0 Å². The number of hydrogen-bond acceptors (Lipinski definition) is 4. The maximum absolute atomic E-state index is 13.4. The number of rotatable bonds is 3. The van der Waals surface area contributed by atoms with Gasteiger partial charge in [0.2, 0.25) is 0 Å². The number of allylic oxidation sites excluding steroid dienone is 1. The molecule has 4 nitrogen and oxygen atoms in total. The minimum atomic E-state index is -0.187. The number of nitrogens with zero attached hydrogens (tertiary/aromatic N) is 2. The summed E-state index contributed by atoms with van der Waals surface area (Å²) >= 11 is -0.109. The molecule has 1 aliphatic carbocycles. The summed E-state index contributed by atoms with van der Waals surface area (Å²) in [6, 6.07) is 43.0. The molecule has 0 saturated carbocycles. The summed E-state index contributed by atoms with van der Waals surface area (Å²) in [5.74, 6) is -0.374. The van der Waals surface area contributed by atoms with E-state index >= 15 is 0 Å². The van der Waals surface area contributed by atoms with E-state index in [0.29, 0.717) is 11.1 Å². The molecule has 6 aromatic rings. The van der Waals surface area contributed by atoms with Crippen LogP contribution in [-0.4, -0.2) is 26.1 Å². The van der Waals surface area contributed by atoms with Gasteiger partial charge in [-0.1, -0.05) is 0 Å². The van der Waals surface area contributed by atoms with E-state index in [4.69, 9.17) is 0 Å². The number of hydrogen-bond donors (Lipinski definition) is 0. The van der Waals surface area contributed by atoms with Gasteiger partial charge in [-0.05, 0) is 0 Å². The molecule has 41 heavy (non-hydrogen) atoms. The van der Waals surface area contributed by atoms with Crippen molar-refractivity contribution < 1.29 is 9.59 Å². The average Bonchev–Trinajstić information content (AvgIpc) is 3.57. The zero-order chi connectivity index (χ0) is 27.5. The molecule has 2 aliphatic rings. The normalized spacial score (nSPS) is 13.8. The van der Waals surface area contributed by atoms with E-state index in [1.165, 1.54) is 0 Å². The first-order chi connectivity index (χ1) is 20.2. The van der Waals surface area contributed by atoms with Crippen molar-refractivity contribution in [2.75, 3.05) is 9.80 Å². The average molecular weight is 594 g/mol. The van der Waals surface area contributed by atoms with Gasteiger partial charge in [-0.15, -0.1) is 0 Å². The summed E-state index contributed by atoms with van der Waals surface area (Å²) in [7, 11) is 0. The Morgan fingerprint density at radius 3 is 1.56 bits per heavy atom. The molecule has 5 heteroatoms. The first kappa shape index (κ1) is 23.9. The number of anilines is 6. The second kappa shape index (κ2) is 9.31. The summed E-state index contributed by atoms with van der Waals surface area (Å²) in [6.07, 6.45) is 1.82. The molecule has 0 spiro atoms. The van der Waals surface area contributed by atoms with Crippen molar-refractivity contribution in [2.45, 2.75) is 0 Å². The van der Waals surface area contributed by atoms with Crippen molar-refractivity contribution in [3.8, 4) is 0 Å². The molecule has 0 atom stereocenters. The summed E-state index contributed by atoms with van der Waals surface area (Å²) in [6.45, 7) is 0. The van der Waals surface area contributed by atoms with Gasteiger partial charge in [-0.3, -0.25) is 0 Å². The van der Waals surface area contributed by atoms with Gasteiger partial charge in [0.05, 0.1) is 0 Å². The zero-order valence-corrected chi connectivity index (χ0v) is 23.5. The van der Waals surface area contributed by atoms with Gasteiger partial charge in [0.15, 0.2) is 0 Å². The van der Waals surface area contributed by atoms with E-state index in [1.54, 1.807) is 0 Å². The molecule has 5 aromatic carbocycles. The fourth-order valence-electron chi connectivity index (χ4n) is 5.86. The molecule has 0 bridgehead atoms. The van der Waals surface area contributed by atoms with E-state index in [0.717, 1.165) is 48.2 Å². The number of ketones is 2. The SMILES string of the molecule is O=C1C(=Cc2ccc(N3c4ccccc4N(c4ccccc4)c4ccccc43)[se]2)C(=O)c2cc3ccccc3cc21. The van der Waals surface area contributed by atoms with Crippen LogP contribution in [0.4, 0.5) is 33.0 Å². The Morgan fingerprint density at radius 2 is 1.00 bits per heavy atom. The van der Waals surface area contributed by atoms with Crippen LogP contribution in [0.2, 0.25) is 0 Å². The molecular weight excluding hydrogens is 571 g/mol. The van der Waals surface area contributed by atoms with E-state index in [-0.39, 0.29) is 31.6 Å². The molecule has 0 unspecified atom stereocenters. The molecular formula is C36H22N2O2Se. The van der Waals surface area contributed by atoms with Crippen molar-refractivity contribution in [1.82, 2.24) is 0 Å². The van der Waals surface area contributed by atoms with Crippen LogP contribution in [0.15, 0.2) is 133 Å². The Bertz CT molecular complexity index is 1950. The van der Waals surface area contributed by atoms with E-state index in [9.17, 15) is 9.59 Å². The van der Waals surface area contributed by atoms with Gasteiger partial charge >= 0.3 is 244 Å². The quantitative estimate of drug-likeness (QED) is 0.117. The summed E-state index contributed by atoms with van der Waals surface area (Å²) in [5.41, 5.74) is 6.75. The van der Waals surface area contributed by atoms with Crippen LogP contribution >= 0.6 is 0 Å². The van der Waals surface area contributed by atoms with Crippen LogP contribution in [0.1, 0.15) is 25.2 Å². The molecule has 1 aromatic heterocycles. The first-order valence-corrected chi connectivity index (χ1v) is 15.2. The van der Waals surface area contributed by atoms with E-state index in [2.05, 4.69) is 94.7 Å². The zero-order valence-electron chi connectivity index (χ0n) is 21.8. The first-order valence-electron chi connectivity index (χ1n) is 13.4. The van der Waals surface area contributed by atoms with Crippen LogP contribution in [0.25, 0.3) is 16.8 Å². The Morgan fingerprint density at radius 1 is 0.512 bits per heavy atom. The standard InChI is InChI=1S/C36H22N2O2Se/c39-35-27-20-23-10-4-5-11-24(23)21-28(27)36(40)29(35)22-26-18-19-34(41-26)38-32-16-8-6-14-30(32)37(25-12-2-1-3-13-25)31-15-7-9-17-33(31)38/h1-22H. The number of para-hydroxylation sites is 5. The molecule has 0 saturated heterocycles. The Kier molecular flexibility index (Phi) is 5.42. The molecule has 0 radical (unpaired) electrons. The maximum atomic E-state index is 13.4. The molecule has 2 heterocycles. The third-order valence-corrected chi connectivity index (χ3v) is 9.86. The van der Waals surface area contributed by atoms with Crippen molar-refractivity contribution in [3.63, 3.8) is 0 Å². The van der Waals surface area contributed by atoms with Crippen LogP contribution < -0.4 is 9.80 Å². The van der Waals surface area contributed by atoms with Crippen molar-refractivity contribution in [3.05, 3.63) is 149 Å². The molecule has 1 aliphatic heterocycles. The van der Waals surface area contributed by atoms with Crippen molar-refractivity contribution in [2.24, 2.45) is 0 Å². The molecule has 8 rings (SSSR count). The molecule has 0 fully saturated rings. The number of carbonyl (C=O) groups is 2. The van der Waals surface area contributed by atoms with Gasteiger partial charge in [0.1, 0.15) is 0 Å². The number of fused-ring (bicyclic) bond motifs is 4. The number of carbonyl (C=O) groups excluding carboxylic acids is 2. The fraction of sp³-hybridized carbons (Fsp3) is 0. The van der Waals surface area contributed by atoms with E-state index in [1.807, 2.05) is 48.5 Å². The van der Waals surface area contributed by atoms with Gasteiger partial charge in [0, 0.05) is 0 Å². The number of Topliss-reactive ketones (excluding diaryl/α,β-unsaturated/α-hetero) is 2. The Hall–Kier alpha value is -4.96. The minimum absolute atomic E-state index is 0.109. The summed E-state index contributed by atoms with van der Waals surface area (Å²) in [5, 5.41) is 1.93. The fourth-order valence-corrected chi connectivity index (χ4v) is 7.91. The van der Waals surface area contributed by atoms with Gasteiger partial charge in [0.25, 0.3) is 0 Å². The predicted octanol–water partition coefficient (Wildman–Crippen LogP) is 8.61. The van der Waals surface area contributed by atoms with Crippen molar-refractivity contribution in [1.29, 1.82) is 0 Å². The van der Waals surface area contributed by atoms with Crippen LogP contribution in [-0.2, 0) is 0 Å². The third kappa shape index (κ3) is 3.75. The van der Waals surface area contributed by atoms with Crippen LogP contribution in [0.3, 0.4) is 0 Å². The van der Waals surface area contributed by atoms with Gasteiger partial charge in [-0.25, -0.2) is 0 Å². The monoisotopic (exact) mass is 594 g/mol. The molecule has 194 valence electrons. The Balaban J connectivity index is 1.21. The van der Waals surface area contributed by atoms with Gasteiger partial charge in [-0.2, -0.15) is 0 Å². The topological polar surface area (TPSA) is 40.6 Å². The van der Waals surface area contributed by atoms with Crippen molar-refractivity contribution >= 4 is 75.9 Å². The second-order valence-electron chi connectivity index (χ2n) is 10.1. The predicted molar refractivity (Wildman–Crippen MR) is 167 cm³/mol. The third-order valence-electron chi connectivity index (χ3n) is 7.73. The van der Waals surface area contributed by atoms with Crippen LogP contribution in [0, 0.1) is 0 Å². The number of benzene rings is 5. The summed E-state index contributed by atoms with van der Waals surface area (Å²) in [4.78, 5) is 31.4. The second-order valence-corrected chi connectivity index (χ2v) is 12.4.